The second-order valence-corrected chi connectivity index (χ2v) is 19.4. The van der Waals surface area contributed by atoms with Crippen molar-refractivity contribution in [1.82, 2.24) is 0 Å². The van der Waals surface area contributed by atoms with Crippen LogP contribution in [0.4, 0.5) is 0 Å². The topological polar surface area (TPSA) is 92.5 Å². The molecule has 4 nitrogen and oxygen atoms in total. The van der Waals surface area contributed by atoms with E-state index in [1.807, 2.05) is 42.5 Å². The van der Waals surface area contributed by atoms with Crippen LogP contribution in [0, 0.1) is 0 Å². The van der Waals surface area contributed by atoms with Crippen molar-refractivity contribution in [1.29, 1.82) is 0 Å². The van der Waals surface area contributed by atoms with Gasteiger partial charge in [0.1, 0.15) is 0 Å². The number of hydrogen-bond acceptors (Lipinski definition) is 4. The first-order chi connectivity index (χ1) is 18.5. The molecule has 41 heavy (non-hydrogen) atoms. The van der Waals surface area contributed by atoms with E-state index >= 15 is 0 Å². The van der Waals surface area contributed by atoms with E-state index in [1.54, 1.807) is 0 Å². The maximum absolute atomic E-state index is 13.6. The van der Waals surface area contributed by atoms with E-state index in [0.29, 0.717) is 29.0 Å². The minimum atomic E-state index is -5.09. The Kier molecular flexibility index (Phi) is 8.63. The van der Waals surface area contributed by atoms with Crippen molar-refractivity contribution in [3.8, 4) is 0 Å². The van der Waals surface area contributed by atoms with Crippen LogP contribution in [0.3, 0.4) is 0 Å². The van der Waals surface area contributed by atoms with Gasteiger partial charge in [-0.25, -0.2) is 0 Å². The molecule has 0 aliphatic rings. The van der Waals surface area contributed by atoms with E-state index in [1.165, 1.54) is 0 Å². The third-order valence-corrected chi connectivity index (χ3v) is 12.1. The molecule has 0 saturated heterocycles. The Balaban J connectivity index is 2.74. The summed E-state index contributed by atoms with van der Waals surface area (Å²) in [6, 6.07) is 17.8. The second kappa shape index (κ2) is 10.6. The van der Waals surface area contributed by atoms with Crippen LogP contribution in [0.25, 0.3) is 0 Å². The third-order valence-electron chi connectivity index (χ3n) is 8.27. The van der Waals surface area contributed by atoms with Gasteiger partial charge in [0.25, 0.3) is 0 Å². The summed E-state index contributed by atoms with van der Waals surface area (Å²) in [4.78, 5) is 27.2. The number of rotatable bonds is 5. The summed E-state index contributed by atoms with van der Waals surface area (Å²) in [7, 11) is -5.09. The van der Waals surface area contributed by atoms with Crippen LogP contribution >= 0.6 is 7.06 Å². The first-order valence-electron chi connectivity index (χ1n) is 14.8. The molecule has 0 radical (unpaired) electrons. The zero-order valence-electron chi connectivity index (χ0n) is 27.6. The molecule has 0 aliphatic carbocycles. The summed E-state index contributed by atoms with van der Waals surface area (Å²) in [5.74, 6) is 0. The van der Waals surface area contributed by atoms with Crippen molar-refractivity contribution in [2.45, 2.75) is 118 Å². The van der Waals surface area contributed by atoms with E-state index in [2.05, 4.69) is 95.2 Å². The molecular formula is C36H55N2O2P. The number of nitrogens with two attached hydrogens (primary N) is 2. The quantitative estimate of drug-likeness (QED) is 0.262. The summed E-state index contributed by atoms with van der Waals surface area (Å²) in [6.45, 7) is 26.5. The monoisotopic (exact) mass is 578 g/mol. The first-order valence-corrected chi connectivity index (χ1v) is 17.0. The number of benzene rings is 3. The molecule has 0 atom stereocenters. The first kappa shape index (κ1) is 33.4. The van der Waals surface area contributed by atoms with Gasteiger partial charge in [-0.3, -0.25) is 0 Å². The Hall–Kier alpha value is -2.07. The van der Waals surface area contributed by atoms with Crippen molar-refractivity contribution in [3.05, 3.63) is 88.0 Å². The van der Waals surface area contributed by atoms with Crippen molar-refractivity contribution < 1.29 is 9.79 Å². The van der Waals surface area contributed by atoms with E-state index in [-0.39, 0.29) is 21.7 Å². The van der Waals surface area contributed by atoms with Gasteiger partial charge >= 0.3 is 250 Å². The van der Waals surface area contributed by atoms with E-state index in [4.69, 9.17) is 11.5 Å². The zero-order chi connectivity index (χ0) is 31.4. The van der Waals surface area contributed by atoms with E-state index in [0.717, 1.165) is 33.4 Å². The standard InChI is InChI=1S/C36H55N2O2P/c1-33(2,3)27-20-29(35(7,8)9)31(18-24(27)22-37)41(39,40,26-16-14-13-15-17-26)32-19-25(23-38)28(34(4,5)6)21-30(32)36(10,11)12/h13-21,39-40H,22-23,37-38H2,1-12H3. The van der Waals surface area contributed by atoms with E-state index in [9.17, 15) is 9.79 Å². The molecule has 5 heteroatoms. The van der Waals surface area contributed by atoms with E-state index < -0.39 is 7.06 Å². The van der Waals surface area contributed by atoms with Gasteiger partial charge in [0.15, 0.2) is 0 Å². The SMILES string of the molecule is CC(C)(C)c1cc(C(C)(C)C)c(P(O)(O)(c2ccccc2)c2cc(CN)c(C(C)(C)C)cc2C(C)(C)C)cc1CN. The Bertz CT molecular complexity index is 1330. The van der Waals surface area contributed by atoms with Gasteiger partial charge in [0.2, 0.25) is 0 Å². The molecular weight excluding hydrogens is 523 g/mol. The molecule has 0 aliphatic heterocycles. The molecule has 0 unspecified atom stereocenters. The molecule has 0 spiro atoms. The molecule has 3 rings (SSSR count). The van der Waals surface area contributed by atoms with Gasteiger partial charge in [0, 0.05) is 0 Å². The van der Waals surface area contributed by atoms with Crippen LogP contribution in [0.2, 0.25) is 0 Å². The molecule has 0 amide bonds. The third kappa shape index (κ3) is 6.05. The normalized spacial score (nSPS) is 14.6. The van der Waals surface area contributed by atoms with Gasteiger partial charge in [-0.1, -0.05) is 0 Å². The Labute approximate surface area is 249 Å². The molecule has 0 saturated carbocycles. The van der Waals surface area contributed by atoms with Gasteiger partial charge in [-0.15, -0.1) is 0 Å². The molecule has 0 heterocycles. The van der Waals surface area contributed by atoms with Gasteiger partial charge in [-0.2, -0.15) is 0 Å². The predicted octanol–water partition coefficient (Wildman–Crippen LogP) is 6.44. The van der Waals surface area contributed by atoms with Crippen LogP contribution in [-0.2, 0) is 34.7 Å². The number of hydrogen-bond donors (Lipinski definition) is 4. The van der Waals surface area contributed by atoms with Crippen LogP contribution in [-0.4, -0.2) is 9.79 Å². The summed E-state index contributed by atoms with van der Waals surface area (Å²) in [5, 5.41) is 1.62. The molecule has 0 fully saturated rings. The molecule has 6 N–H and O–H groups in total. The van der Waals surface area contributed by atoms with Gasteiger partial charge in [0.05, 0.1) is 0 Å². The molecule has 226 valence electrons. The molecule has 3 aromatic carbocycles. The van der Waals surface area contributed by atoms with Gasteiger partial charge in [-0.05, 0) is 0 Å². The van der Waals surface area contributed by atoms with Crippen LogP contribution in [0.1, 0.15) is 116 Å². The Morgan fingerprint density at radius 3 is 1.10 bits per heavy atom. The van der Waals surface area contributed by atoms with Crippen molar-refractivity contribution in [2.24, 2.45) is 11.5 Å². The van der Waals surface area contributed by atoms with Crippen LogP contribution < -0.4 is 27.4 Å². The fourth-order valence-electron chi connectivity index (χ4n) is 6.02. The average Bonchev–Trinajstić information content (AvgIpc) is 2.85. The molecule has 0 bridgehead atoms. The van der Waals surface area contributed by atoms with Crippen LogP contribution in [0.15, 0.2) is 54.6 Å². The summed E-state index contributed by atoms with van der Waals surface area (Å²) >= 11 is 0. The molecule has 3 aromatic rings. The Morgan fingerprint density at radius 2 is 0.829 bits per heavy atom. The van der Waals surface area contributed by atoms with Crippen molar-refractivity contribution in [3.63, 3.8) is 0 Å². The fraction of sp³-hybridized carbons (Fsp3) is 0.500. The zero-order valence-corrected chi connectivity index (χ0v) is 28.5. The summed E-state index contributed by atoms with van der Waals surface area (Å²) < 4.78 is 0. The van der Waals surface area contributed by atoms with Gasteiger partial charge < -0.3 is 0 Å². The predicted molar refractivity (Wildman–Crippen MR) is 180 cm³/mol. The summed E-state index contributed by atoms with van der Waals surface area (Å²) in [5.41, 5.74) is 17.6. The van der Waals surface area contributed by atoms with Crippen molar-refractivity contribution in [2.75, 3.05) is 0 Å². The Morgan fingerprint density at radius 1 is 0.512 bits per heavy atom. The van der Waals surface area contributed by atoms with Crippen molar-refractivity contribution >= 4 is 23.0 Å². The summed E-state index contributed by atoms with van der Waals surface area (Å²) in [6.07, 6.45) is 0. The molecule has 0 aromatic heterocycles. The minimum absolute atomic E-state index is 0.168. The average molecular weight is 579 g/mol. The fourth-order valence-corrected chi connectivity index (χ4v) is 10.1. The maximum atomic E-state index is 13.6. The second-order valence-electron chi connectivity index (χ2n) is 15.8. The van der Waals surface area contributed by atoms with Crippen LogP contribution in [0.5, 0.6) is 0 Å².